The maximum atomic E-state index is 11.3. The van der Waals surface area contributed by atoms with Crippen molar-refractivity contribution in [3.8, 4) is 0 Å². The Bertz CT molecular complexity index is 180. The van der Waals surface area contributed by atoms with Gasteiger partial charge in [-0.15, -0.1) is 0 Å². The molecule has 0 rings (SSSR count). The average Bonchev–Trinajstić information content (AvgIpc) is 2.16. The van der Waals surface area contributed by atoms with Gasteiger partial charge in [-0.25, -0.2) is 0 Å². The van der Waals surface area contributed by atoms with E-state index >= 15 is 0 Å². The van der Waals surface area contributed by atoms with Gasteiger partial charge in [-0.3, -0.25) is 4.79 Å². The molecule has 90 valence electrons. The summed E-state index contributed by atoms with van der Waals surface area (Å²) in [5.41, 5.74) is 0. The SMILES string of the molecule is COC(OC)C(C)NC(=O)COC(C)C. The van der Waals surface area contributed by atoms with E-state index in [-0.39, 0.29) is 24.7 Å². The Morgan fingerprint density at radius 2 is 1.73 bits per heavy atom. The van der Waals surface area contributed by atoms with Crippen LogP contribution >= 0.6 is 0 Å². The molecule has 0 aromatic heterocycles. The van der Waals surface area contributed by atoms with Crippen LogP contribution in [-0.2, 0) is 19.0 Å². The molecular formula is C10H21NO4. The normalized spacial score (nSPS) is 13.3. The maximum Gasteiger partial charge on any atom is 0.246 e. The maximum absolute atomic E-state index is 11.3. The third kappa shape index (κ3) is 6.43. The minimum atomic E-state index is -0.437. The van der Waals surface area contributed by atoms with Crippen molar-refractivity contribution >= 4 is 5.91 Å². The smallest absolute Gasteiger partial charge is 0.246 e. The summed E-state index contributed by atoms with van der Waals surface area (Å²) in [5.74, 6) is -0.171. The van der Waals surface area contributed by atoms with E-state index in [4.69, 9.17) is 14.2 Å². The summed E-state index contributed by atoms with van der Waals surface area (Å²) >= 11 is 0. The number of amides is 1. The summed E-state index contributed by atoms with van der Waals surface area (Å²) in [6, 6.07) is -0.205. The van der Waals surface area contributed by atoms with Crippen LogP contribution in [0.4, 0.5) is 0 Å². The molecule has 5 heteroatoms. The Kier molecular flexibility index (Phi) is 7.29. The van der Waals surface area contributed by atoms with E-state index in [1.807, 2.05) is 20.8 Å². The van der Waals surface area contributed by atoms with Crippen molar-refractivity contribution in [1.82, 2.24) is 5.32 Å². The van der Waals surface area contributed by atoms with E-state index in [1.165, 1.54) is 14.2 Å². The fraction of sp³-hybridized carbons (Fsp3) is 0.900. The Morgan fingerprint density at radius 3 is 2.13 bits per heavy atom. The van der Waals surface area contributed by atoms with E-state index in [0.29, 0.717) is 0 Å². The summed E-state index contributed by atoms with van der Waals surface area (Å²) in [6.07, 6.45) is -0.389. The van der Waals surface area contributed by atoms with E-state index < -0.39 is 6.29 Å². The van der Waals surface area contributed by atoms with Gasteiger partial charge in [-0.1, -0.05) is 0 Å². The topological polar surface area (TPSA) is 56.8 Å². The minimum Gasteiger partial charge on any atom is -0.369 e. The largest absolute Gasteiger partial charge is 0.369 e. The molecule has 15 heavy (non-hydrogen) atoms. The molecule has 0 aliphatic heterocycles. The van der Waals surface area contributed by atoms with Crippen LogP contribution in [0.25, 0.3) is 0 Å². The zero-order valence-electron chi connectivity index (χ0n) is 10.1. The van der Waals surface area contributed by atoms with Crippen LogP contribution in [-0.4, -0.2) is 45.2 Å². The number of methoxy groups -OCH3 is 2. The van der Waals surface area contributed by atoms with Gasteiger partial charge in [0.1, 0.15) is 6.61 Å². The summed E-state index contributed by atoms with van der Waals surface area (Å²) in [7, 11) is 3.06. The summed E-state index contributed by atoms with van der Waals surface area (Å²) in [6.45, 7) is 5.63. The first-order valence-electron chi connectivity index (χ1n) is 4.97. The second-order valence-electron chi connectivity index (χ2n) is 3.56. The Labute approximate surface area is 91.1 Å². The molecule has 0 heterocycles. The second-order valence-corrected chi connectivity index (χ2v) is 3.56. The molecule has 0 bridgehead atoms. The molecule has 0 aromatic carbocycles. The van der Waals surface area contributed by atoms with Crippen LogP contribution in [0.3, 0.4) is 0 Å². The highest BCUT2D eigenvalue weighted by molar-refractivity contribution is 5.77. The predicted octanol–water partition coefficient (Wildman–Crippen LogP) is 0.535. The van der Waals surface area contributed by atoms with E-state index in [2.05, 4.69) is 5.32 Å². The molecule has 1 amide bonds. The van der Waals surface area contributed by atoms with Crippen LogP contribution in [0, 0.1) is 0 Å². The molecule has 0 saturated heterocycles. The molecule has 1 atom stereocenters. The second kappa shape index (κ2) is 7.62. The number of ether oxygens (including phenoxy) is 3. The Balaban J connectivity index is 3.84. The van der Waals surface area contributed by atoms with Gasteiger partial charge in [0.25, 0.3) is 0 Å². The van der Waals surface area contributed by atoms with Gasteiger partial charge in [-0.2, -0.15) is 0 Å². The lowest BCUT2D eigenvalue weighted by Gasteiger charge is -2.22. The van der Waals surface area contributed by atoms with Gasteiger partial charge in [0.05, 0.1) is 12.1 Å². The number of hydrogen-bond donors (Lipinski definition) is 1. The Morgan fingerprint density at radius 1 is 1.20 bits per heavy atom. The molecule has 0 aliphatic carbocycles. The van der Waals surface area contributed by atoms with E-state index in [9.17, 15) is 4.79 Å². The minimum absolute atomic E-state index is 0.0479. The summed E-state index contributed by atoms with van der Waals surface area (Å²) in [4.78, 5) is 11.3. The van der Waals surface area contributed by atoms with E-state index in [0.717, 1.165) is 0 Å². The summed E-state index contributed by atoms with van der Waals surface area (Å²) in [5, 5.41) is 2.72. The predicted molar refractivity (Wildman–Crippen MR) is 56.5 cm³/mol. The lowest BCUT2D eigenvalue weighted by molar-refractivity contribution is -0.139. The average molecular weight is 219 g/mol. The number of hydrogen-bond acceptors (Lipinski definition) is 4. The third-order valence-corrected chi connectivity index (χ3v) is 1.81. The monoisotopic (exact) mass is 219 g/mol. The third-order valence-electron chi connectivity index (χ3n) is 1.81. The molecule has 1 unspecified atom stereocenters. The van der Waals surface area contributed by atoms with Crippen LogP contribution < -0.4 is 5.32 Å². The standard InChI is InChI=1S/C10H21NO4/c1-7(2)15-6-9(12)11-8(3)10(13-4)14-5/h7-8,10H,6H2,1-5H3,(H,11,12). The first-order valence-corrected chi connectivity index (χ1v) is 4.97. The zero-order chi connectivity index (χ0) is 11.8. The van der Waals surface area contributed by atoms with Crippen molar-refractivity contribution in [2.24, 2.45) is 0 Å². The first-order chi connectivity index (χ1) is 7.01. The lowest BCUT2D eigenvalue weighted by Crippen LogP contribution is -2.44. The van der Waals surface area contributed by atoms with Crippen molar-refractivity contribution in [2.75, 3.05) is 20.8 Å². The number of nitrogens with one attached hydrogen (secondary N) is 1. The molecular weight excluding hydrogens is 198 g/mol. The van der Waals surface area contributed by atoms with Crippen LogP contribution in [0.1, 0.15) is 20.8 Å². The van der Waals surface area contributed by atoms with Crippen molar-refractivity contribution in [3.63, 3.8) is 0 Å². The molecule has 5 nitrogen and oxygen atoms in total. The van der Waals surface area contributed by atoms with Gasteiger partial charge in [0.15, 0.2) is 6.29 Å². The van der Waals surface area contributed by atoms with Crippen LogP contribution in [0.5, 0.6) is 0 Å². The highest BCUT2D eigenvalue weighted by Gasteiger charge is 2.17. The van der Waals surface area contributed by atoms with Crippen molar-refractivity contribution in [1.29, 1.82) is 0 Å². The van der Waals surface area contributed by atoms with Gasteiger partial charge >= 0.3 is 0 Å². The van der Waals surface area contributed by atoms with Crippen LogP contribution in [0.15, 0.2) is 0 Å². The van der Waals surface area contributed by atoms with E-state index in [1.54, 1.807) is 0 Å². The van der Waals surface area contributed by atoms with Crippen LogP contribution in [0.2, 0.25) is 0 Å². The lowest BCUT2D eigenvalue weighted by atomic mass is 10.3. The van der Waals surface area contributed by atoms with Gasteiger partial charge in [0.2, 0.25) is 5.91 Å². The quantitative estimate of drug-likeness (QED) is 0.635. The van der Waals surface area contributed by atoms with Gasteiger partial charge in [0, 0.05) is 14.2 Å². The highest BCUT2D eigenvalue weighted by atomic mass is 16.7. The molecule has 1 N–H and O–H groups in total. The molecule has 0 radical (unpaired) electrons. The van der Waals surface area contributed by atoms with Gasteiger partial charge < -0.3 is 19.5 Å². The summed E-state index contributed by atoms with van der Waals surface area (Å²) < 4.78 is 15.2. The zero-order valence-corrected chi connectivity index (χ0v) is 10.1. The number of rotatable bonds is 7. The Hall–Kier alpha value is -0.650. The number of carbonyl (C=O) groups excluding carboxylic acids is 1. The van der Waals surface area contributed by atoms with Crippen molar-refractivity contribution in [2.45, 2.75) is 39.2 Å². The fourth-order valence-corrected chi connectivity index (χ4v) is 1.11. The molecule has 0 spiro atoms. The van der Waals surface area contributed by atoms with Crippen molar-refractivity contribution < 1.29 is 19.0 Å². The number of carbonyl (C=O) groups is 1. The molecule has 0 fully saturated rings. The molecule has 0 aromatic rings. The molecule has 0 aliphatic rings. The molecule has 0 saturated carbocycles. The fourth-order valence-electron chi connectivity index (χ4n) is 1.11. The highest BCUT2D eigenvalue weighted by Crippen LogP contribution is 1.98. The van der Waals surface area contributed by atoms with Crippen molar-refractivity contribution in [3.05, 3.63) is 0 Å². The first kappa shape index (κ1) is 14.3. The van der Waals surface area contributed by atoms with Gasteiger partial charge in [-0.05, 0) is 20.8 Å².